The first kappa shape index (κ1) is 15.3. The molecule has 0 bridgehead atoms. The molecule has 0 radical (unpaired) electrons. The van der Waals surface area contributed by atoms with Crippen LogP contribution in [0.4, 0.5) is 27.6 Å². The van der Waals surface area contributed by atoms with Crippen molar-refractivity contribution < 1.29 is 26.7 Å². The van der Waals surface area contributed by atoms with Crippen molar-refractivity contribution in [3.8, 4) is 0 Å². The molecule has 21 heavy (non-hydrogen) atoms. The van der Waals surface area contributed by atoms with Gasteiger partial charge in [0, 0.05) is 17.7 Å². The normalized spacial score (nSPS) is 26.2. The molecule has 1 aliphatic rings. The predicted octanol–water partition coefficient (Wildman–Crippen LogP) is 2.43. The standard InChI is InChI=1S/C12H12F5N3O/c1-11(6-2-5(18)3-7(13)9(6)14)4-8(12(15,16)17)21-10(19)20-11/h2-3,8H,4,18H2,1H3,(H2,19,20). The van der Waals surface area contributed by atoms with Crippen molar-refractivity contribution in [2.45, 2.75) is 31.2 Å². The number of hydrogen-bond acceptors (Lipinski definition) is 4. The first-order chi connectivity index (χ1) is 9.53. The molecule has 1 aromatic carbocycles. The van der Waals surface area contributed by atoms with Crippen LogP contribution >= 0.6 is 0 Å². The van der Waals surface area contributed by atoms with Crippen LogP contribution in [0.15, 0.2) is 17.1 Å². The summed E-state index contributed by atoms with van der Waals surface area (Å²) in [4.78, 5) is 3.70. The first-order valence-electron chi connectivity index (χ1n) is 5.86. The third-order valence-corrected chi connectivity index (χ3v) is 3.20. The molecule has 0 saturated carbocycles. The molecule has 0 fully saturated rings. The van der Waals surface area contributed by atoms with Crippen LogP contribution in [0.5, 0.6) is 0 Å². The van der Waals surface area contributed by atoms with E-state index in [0.29, 0.717) is 0 Å². The number of hydrogen-bond donors (Lipinski definition) is 2. The number of anilines is 1. The monoisotopic (exact) mass is 309 g/mol. The molecule has 116 valence electrons. The van der Waals surface area contributed by atoms with Gasteiger partial charge in [-0.1, -0.05) is 0 Å². The summed E-state index contributed by atoms with van der Waals surface area (Å²) in [6, 6.07) is 1.03. The number of benzene rings is 1. The Balaban J connectivity index is 2.53. The number of alkyl halides is 3. The Morgan fingerprint density at radius 1 is 1.29 bits per heavy atom. The molecule has 0 spiro atoms. The molecule has 4 N–H and O–H groups in total. The van der Waals surface area contributed by atoms with Crippen LogP contribution in [0.25, 0.3) is 0 Å². The fourth-order valence-electron chi connectivity index (χ4n) is 2.22. The summed E-state index contributed by atoms with van der Waals surface area (Å²) in [6.07, 6.45) is -7.71. The minimum absolute atomic E-state index is 0.131. The summed E-state index contributed by atoms with van der Waals surface area (Å²) in [7, 11) is 0. The highest BCUT2D eigenvalue weighted by Gasteiger charge is 2.50. The third-order valence-electron chi connectivity index (χ3n) is 3.20. The largest absolute Gasteiger partial charge is 0.452 e. The summed E-state index contributed by atoms with van der Waals surface area (Å²) in [6.45, 7) is 1.21. The van der Waals surface area contributed by atoms with E-state index in [1.54, 1.807) is 0 Å². The minimum atomic E-state index is -4.71. The Labute approximate surface area is 116 Å². The molecule has 0 amide bonds. The van der Waals surface area contributed by atoms with E-state index in [0.717, 1.165) is 12.1 Å². The van der Waals surface area contributed by atoms with Crippen LogP contribution in [0.1, 0.15) is 18.9 Å². The minimum Gasteiger partial charge on any atom is -0.452 e. The number of aliphatic imine (C=N–C) groups is 1. The van der Waals surface area contributed by atoms with Crippen molar-refractivity contribution in [3.63, 3.8) is 0 Å². The molecule has 0 aliphatic carbocycles. The zero-order valence-electron chi connectivity index (χ0n) is 10.8. The fraction of sp³-hybridized carbons (Fsp3) is 0.417. The SMILES string of the molecule is CC1(c2cc(N)cc(F)c2F)CC(C(F)(F)F)OC(N)=N1. The van der Waals surface area contributed by atoms with E-state index in [2.05, 4.69) is 9.73 Å². The van der Waals surface area contributed by atoms with Crippen LogP contribution in [0, 0.1) is 11.6 Å². The average Bonchev–Trinajstić information content (AvgIpc) is 2.31. The third kappa shape index (κ3) is 2.86. The number of nitrogen functional groups attached to an aromatic ring is 1. The second-order valence-electron chi connectivity index (χ2n) is 4.94. The summed E-state index contributed by atoms with van der Waals surface area (Å²) < 4.78 is 70.1. The maximum absolute atomic E-state index is 13.9. The maximum Gasteiger partial charge on any atom is 0.425 e. The van der Waals surface area contributed by atoms with Crippen molar-refractivity contribution >= 4 is 11.7 Å². The maximum atomic E-state index is 13.9. The van der Waals surface area contributed by atoms with E-state index >= 15 is 0 Å². The van der Waals surface area contributed by atoms with Crippen LogP contribution < -0.4 is 11.5 Å². The zero-order valence-corrected chi connectivity index (χ0v) is 10.8. The van der Waals surface area contributed by atoms with Gasteiger partial charge in [-0.15, -0.1) is 0 Å². The molecule has 1 aliphatic heterocycles. The molecule has 0 saturated heterocycles. The summed E-state index contributed by atoms with van der Waals surface area (Å²) >= 11 is 0. The van der Waals surface area contributed by atoms with Gasteiger partial charge < -0.3 is 16.2 Å². The number of amidine groups is 1. The average molecular weight is 309 g/mol. The van der Waals surface area contributed by atoms with E-state index in [9.17, 15) is 22.0 Å². The van der Waals surface area contributed by atoms with Gasteiger partial charge in [0.15, 0.2) is 17.7 Å². The Morgan fingerprint density at radius 2 is 1.90 bits per heavy atom. The molecule has 2 unspecified atom stereocenters. The summed E-state index contributed by atoms with van der Waals surface area (Å²) in [5, 5.41) is 0. The lowest BCUT2D eigenvalue weighted by molar-refractivity contribution is -0.208. The highest BCUT2D eigenvalue weighted by molar-refractivity contribution is 5.73. The van der Waals surface area contributed by atoms with Crippen LogP contribution in [0.3, 0.4) is 0 Å². The number of halogens is 5. The lowest BCUT2D eigenvalue weighted by Gasteiger charge is -2.35. The number of ether oxygens (including phenoxy) is 1. The Hall–Kier alpha value is -2.06. The smallest absolute Gasteiger partial charge is 0.425 e. The van der Waals surface area contributed by atoms with Crippen LogP contribution in [0.2, 0.25) is 0 Å². The molecular formula is C12H12F5N3O. The van der Waals surface area contributed by atoms with Crippen molar-refractivity contribution in [2.24, 2.45) is 10.7 Å². The number of nitrogens with zero attached hydrogens (tertiary/aromatic N) is 1. The Bertz CT molecular complexity index is 601. The fourth-order valence-corrected chi connectivity index (χ4v) is 2.22. The lowest BCUT2D eigenvalue weighted by Crippen LogP contribution is -2.46. The highest BCUT2D eigenvalue weighted by Crippen LogP contribution is 2.41. The Kier molecular flexibility index (Phi) is 3.46. The summed E-state index contributed by atoms with van der Waals surface area (Å²) in [5.74, 6) is -2.58. The summed E-state index contributed by atoms with van der Waals surface area (Å²) in [5.41, 5.74) is 8.38. The van der Waals surface area contributed by atoms with E-state index in [-0.39, 0.29) is 5.69 Å². The van der Waals surface area contributed by atoms with Gasteiger partial charge in [0.1, 0.15) is 0 Å². The highest BCUT2D eigenvalue weighted by atomic mass is 19.4. The topological polar surface area (TPSA) is 73.6 Å². The number of rotatable bonds is 1. The van der Waals surface area contributed by atoms with Gasteiger partial charge in [0.05, 0.1) is 5.54 Å². The van der Waals surface area contributed by atoms with E-state index in [4.69, 9.17) is 11.5 Å². The van der Waals surface area contributed by atoms with Crippen LogP contribution in [-0.2, 0) is 10.3 Å². The Morgan fingerprint density at radius 3 is 2.48 bits per heavy atom. The second kappa shape index (κ2) is 4.74. The second-order valence-corrected chi connectivity index (χ2v) is 4.94. The molecule has 2 atom stereocenters. The molecule has 0 aromatic heterocycles. The molecule has 9 heteroatoms. The van der Waals surface area contributed by atoms with Gasteiger partial charge in [-0.25, -0.2) is 13.8 Å². The van der Waals surface area contributed by atoms with Crippen molar-refractivity contribution in [1.82, 2.24) is 0 Å². The predicted molar refractivity (Wildman–Crippen MR) is 65.3 cm³/mol. The van der Waals surface area contributed by atoms with Crippen molar-refractivity contribution in [3.05, 3.63) is 29.3 Å². The van der Waals surface area contributed by atoms with Crippen molar-refractivity contribution in [2.75, 3.05) is 5.73 Å². The molecule has 1 aromatic rings. The van der Waals surface area contributed by atoms with E-state index in [1.165, 1.54) is 6.92 Å². The molecule has 1 heterocycles. The molecule has 4 nitrogen and oxygen atoms in total. The van der Waals surface area contributed by atoms with Gasteiger partial charge in [0.2, 0.25) is 0 Å². The van der Waals surface area contributed by atoms with Gasteiger partial charge in [0.25, 0.3) is 6.02 Å². The van der Waals surface area contributed by atoms with E-state index < -0.39 is 47.5 Å². The molecule has 2 rings (SSSR count). The lowest BCUT2D eigenvalue weighted by atomic mass is 9.85. The van der Waals surface area contributed by atoms with Crippen molar-refractivity contribution in [1.29, 1.82) is 0 Å². The van der Waals surface area contributed by atoms with Crippen LogP contribution in [-0.4, -0.2) is 18.3 Å². The van der Waals surface area contributed by atoms with Gasteiger partial charge in [-0.3, -0.25) is 0 Å². The first-order valence-corrected chi connectivity index (χ1v) is 5.86. The number of nitrogens with two attached hydrogens (primary N) is 2. The molecular weight excluding hydrogens is 297 g/mol. The van der Waals surface area contributed by atoms with Gasteiger partial charge >= 0.3 is 6.18 Å². The quantitative estimate of drug-likeness (QED) is 0.618. The van der Waals surface area contributed by atoms with Gasteiger partial charge in [-0.2, -0.15) is 13.2 Å². The zero-order chi connectivity index (χ0) is 16.0. The van der Waals surface area contributed by atoms with E-state index in [1.807, 2.05) is 0 Å². The van der Waals surface area contributed by atoms with Gasteiger partial charge in [-0.05, 0) is 19.1 Å².